The third-order valence-corrected chi connectivity index (χ3v) is 5.77. The van der Waals surface area contributed by atoms with E-state index in [1.165, 1.54) is 0 Å². The van der Waals surface area contributed by atoms with Gasteiger partial charge in [-0.3, -0.25) is 9.44 Å². The lowest BCUT2D eigenvalue weighted by molar-refractivity contribution is 0.562. The molecule has 0 saturated carbocycles. The predicted octanol–water partition coefficient (Wildman–Crippen LogP) is 4.76. The Labute approximate surface area is 214 Å². The van der Waals surface area contributed by atoms with Crippen molar-refractivity contribution >= 4 is 45.1 Å². The van der Waals surface area contributed by atoms with Crippen LogP contribution in [0.25, 0.3) is 22.3 Å². The predicted molar refractivity (Wildman–Crippen MR) is 146 cm³/mol. The number of nitrogens with two attached hydrogens (primary N) is 2. The number of hydrogen-bond donors (Lipinski definition) is 6. The second-order valence-electron chi connectivity index (χ2n) is 7.31. The molecule has 0 aliphatic rings. The fourth-order valence-electron chi connectivity index (χ4n) is 3.15. The number of hydrogen-bond acceptors (Lipinski definition) is 8. The van der Waals surface area contributed by atoms with E-state index in [-0.39, 0.29) is 0 Å². The Morgan fingerprint density at radius 3 is 0.973 bits per heavy atom. The lowest BCUT2D eigenvalue weighted by atomic mass is 10.1. The van der Waals surface area contributed by atoms with Crippen molar-refractivity contribution in [2.75, 3.05) is 20.9 Å². The van der Waals surface area contributed by atoms with E-state index < -0.39 is 10.2 Å². The lowest BCUT2D eigenvalue weighted by Crippen LogP contribution is -2.21. The van der Waals surface area contributed by atoms with Gasteiger partial charge in [0.15, 0.2) is 0 Å². The zero-order valence-electron chi connectivity index (χ0n) is 19.4. The Morgan fingerprint density at radius 1 is 0.514 bits per heavy atom. The Hall–Kier alpha value is -5.21. The summed E-state index contributed by atoms with van der Waals surface area (Å²) in [6.07, 6.45) is 1.50. The van der Waals surface area contributed by atoms with E-state index in [1.807, 2.05) is 72.8 Å². The number of rotatable bonds is 6. The normalized spacial score (nSPS) is 9.73. The summed E-state index contributed by atoms with van der Waals surface area (Å²) in [6, 6.07) is 29.3. The molecule has 0 radical (unpaired) electrons. The Balaban J connectivity index is 0.000000733. The number of anilines is 4. The highest BCUT2D eigenvalue weighted by Crippen LogP contribution is 2.25. The van der Waals surface area contributed by atoms with Gasteiger partial charge in [-0.25, -0.2) is 20.4 Å². The highest BCUT2D eigenvalue weighted by molar-refractivity contribution is 7.94. The van der Waals surface area contributed by atoms with Gasteiger partial charge < -0.3 is 11.5 Å². The molecule has 37 heavy (non-hydrogen) atoms. The smallest absolute Gasteiger partial charge is 0.321 e. The third-order valence-electron chi connectivity index (χ3n) is 4.76. The maximum atomic E-state index is 12.5. The monoisotopic (exact) mass is 516 g/mol. The van der Waals surface area contributed by atoms with Gasteiger partial charge in [0.1, 0.15) is 0 Å². The van der Waals surface area contributed by atoms with E-state index in [4.69, 9.17) is 31.9 Å². The molecule has 0 fully saturated rings. The van der Waals surface area contributed by atoms with Gasteiger partial charge in [0, 0.05) is 11.4 Å². The van der Waals surface area contributed by atoms with Crippen LogP contribution in [0.15, 0.2) is 97.1 Å². The molecule has 0 aromatic heterocycles. The minimum atomic E-state index is -3.79. The molecule has 0 aliphatic carbocycles. The third kappa shape index (κ3) is 9.16. The van der Waals surface area contributed by atoms with Crippen LogP contribution in [0.2, 0.25) is 0 Å². The minimum Gasteiger partial charge on any atom is -0.399 e. The maximum absolute atomic E-state index is 12.5. The van der Waals surface area contributed by atoms with E-state index >= 15 is 0 Å². The largest absolute Gasteiger partial charge is 0.399 e. The van der Waals surface area contributed by atoms with Crippen LogP contribution >= 0.6 is 0 Å². The highest BCUT2D eigenvalue weighted by Gasteiger charge is 2.10. The fourth-order valence-corrected chi connectivity index (χ4v) is 4.09. The number of carbonyl (C=O) groups excluding carboxylic acids is 2. The van der Waals surface area contributed by atoms with Gasteiger partial charge in [-0.2, -0.15) is 8.42 Å². The standard InChI is InChI=1S/C24H22N4O2S.2CHNO/c25-21-9-1-17(2-10-21)19-5-13-23(14-6-19)27-31(29,30)28-24-15-7-20(8-16-24)18-3-11-22(26)12-4-18;2*2-1-3/h1-16,27-28H,25-26H2;2*2H. The molecule has 0 atom stereocenters. The number of benzene rings is 4. The van der Waals surface area contributed by atoms with Crippen LogP contribution in [-0.2, 0) is 19.8 Å². The first-order valence-corrected chi connectivity index (χ1v) is 12.0. The summed E-state index contributed by atoms with van der Waals surface area (Å²) < 4.78 is 30.1. The van der Waals surface area contributed by atoms with Crippen LogP contribution in [0, 0.1) is 10.8 Å². The summed E-state index contributed by atoms with van der Waals surface area (Å²) in [4.78, 5) is 16.7. The molecule has 188 valence electrons. The van der Waals surface area contributed by atoms with Gasteiger partial charge >= 0.3 is 10.2 Å². The van der Waals surface area contributed by atoms with E-state index in [0.29, 0.717) is 22.7 Å². The van der Waals surface area contributed by atoms with Gasteiger partial charge in [-0.1, -0.05) is 48.5 Å². The van der Waals surface area contributed by atoms with Crippen molar-refractivity contribution in [3.63, 3.8) is 0 Å². The molecular formula is C26H24N6O4S. The average molecular weight is 517 g/mol. The number of nitrogen functional groups attached to an aromatic ring is 2. The Kier molecular flexibility index (Phi) is 10.3. The molecule has 4 rings (SSSR count). The second kappa shape index (κ2) is 13.6. The average Bonchev–Trinajstić information content (AvgIpc) is 2.87. The van der Waals surface area contributed by atoms with Gasteiger partial charge in [-0.05, 0) is 70.8 Å². The summed E-state index contributed by atoms with van der Waals surface area (Å²) in [6.45, 7) is 0. The van der Waals surface area contributed by atoms with E-state index in [9.17, 15) is 8.42 Å². The van der Waals surface area contributed by atoms with E-state index in [0.717, 1.165) is 34.4 Å². The molecule has 4 aromatic carbocycles. The Bertz CT molecular complexity index is 1350. The quantitative estimate of drug-likeness (QED) is 0.121. The molecule has 0 bridgehead atoms. The molecule has 0 aliphatic heterocycles. The topological polar surface area (TPSA) is 192 Å². The van der Waals surface area contributed by atoms with Crippen molar-refractivity contribution in [2.45, 2.75) is 0 Å². The molecule has 0 unspecified atom stereocenters. The Morgan fingerprint density at radius 2 is 0.730 bits per heavy atom. The minimum absolute atomic E-state index is 0.463. The number of nitrogens with one attached hydrogen (secondary N) is 4. The van der Waals surface area contributed by atoms with Gasteiger partial charge in [0.05, 0.1) is 11.4 Å². The van der Waals surface area contributed by atoms with Crippen molar-refractivity contribution in [1.82, 2.24) is 0 Å². The van der Waals surface area contributed by atoms with Crippen molar-refractivity contribution in [2.24, 2.45) is 0 Å². The first-order chi connectivity index (χ1) is 17.7. The zero-order chi connectivity index (χ0) is 27.3. The summed E-state index contributed by atoms with van der Waals surface area (Å²) in [7, 11) is -3.79. The highest BCUT2D eigenvalue weighted by atomic mass is 32.2. The van der Waals surface area contributed by atoms with Crippen molar-refractivity contribution in [3.8, 4) is 22.3 Å². The fraction of sp³-hybridized carbons (Fsp3) is 0. The van der Waals surface area contributed by atoms with Gasteiger partial charge in [-0.15, -0.1) is 0 Å². The van der Waals surface area contributed by atoms with Crippen LogP contribution < -0.4 is 20.9 Å². The van der Waals surface area contributed by atoms with E-state index in [1.54, 1.807) is 24.3 Å². The molecule has 4 aromatic rings. The summed E-state index contributed by atoms with van der Waals surface area (Å²) >= 11 is 0. The van der Waals surface area contributed by atoms with Crippen LogP contribution in [0.1, 0.15) is 0 Å². The molecule has 11 heteroatoms. The molecule has 0 saturated heterocycles. The van der Waals surface area contributed by atoms with Gasteiger partial charge in [0.25, 0.3) is 0 Å². The van der Waals surface area contributed by atoms with E-state index in [2.05, 4.69) is 9.44 Å². The first-order valence-electron chi connectivity index (χ1n) is 10.5. The molecule has 0 heterocycles. The molecule has 10 nitrogen and oxygen atoms in total. The first kappa shape index (κ1) is 28.0. The van der Waals surface area contributed by atoms with Crippen LogP contribution in [0.5, 0.6) is 0 Å². The zero-order valence-corrected chi connectivity index (χ0v) is 20.3. The second-order valence-corrected chi connectivity index (χ2v) is 8.73. The van der Waals surface area contributed by atoms with Crippen molar-refractivity contribution in [1.29, 1.82) is 10.8 Å². The molecule has 0 spiro atoms. The summed E-state index contributed by atoms with van der Waals surface area (Å²) in [5.74, 6) is 0. The summed E-state index contributed by atoms with van der Waals surface area (Å²) in [5, 5.41) is 10.8. The molecule has 0 amide bonds. The lowest BCUT2D eigenvalue weighted by Gasteiger charge is -2.12. The van der Waals surface area contributed by atoms with Crippen molar-refractivity contribution in [3.05, 3.63) is 97.1 Å². The van der Waals surface area contributed by atoms with Gasteiger partial charge in [0.2, 0.25) is 12.2 Å². The number of isocyanates is 2. The van der Waals surface area contributed by atoms with Crippen molar-refractivity contribution < 1.29 is 18.0 Å². The van der Waals surface area contributed by atoms with Crippen LogP contribution in [-0.4, -0.2) is 20.6 Å². The SMILES string of the molecule is N=C=O.N=C=O.Nc1ccc(-c2ccc(NS(=O)(=O)Nc3ccc(-c4ccc(N)cc4)cc3)cc2)cc1. The molecular weight excluding hydrogens is 492 g/mol. The van der Waals surface area contributed by atoms with Crippen LogP contribution in [0.4, 0.5) is 22.7 Å². The molecule has 8 N–H and O–H groups in total. The summed E-state index contributed by atoms with van der Waals surface area (Å²) in [5.41, 5.74) is 17.7. The maximum Gasteiger partial charge on any atom is 0.321 e. The van der Waals surface area contributed by atoms with Crippen LogP contribution in [0.3, 0.4) is 0 Å².